The third kappa shape index (κ3) is 2.80. The van der Waals surface area contributed by atoms with E-state index in [9.17, 15) is 0 Å². The maximum atomic E-state index is 2.44. The van der Waals surface area contributed by atoms with Crippen LogP contribution in [-0.4, -0.2) is 0 Å². The third-order valence-electron chi connectivity index (χ3n) is 3.38. The van der Waals surface area contributed by atoms with E-state index in [2.05, 4.69) is 20.8 Å². The van der Waals surface area contributed by atoms with Crippen LogP contribution < -0.4 is 0 Å². The molecule has 1 rings (SSSR count). The van der Waals surface area contributed by atoms with Crippen LogP contribution in [0.5, 0.6) is 0 Å². The van der Waals surface area contributed by atoms with Gasteiger partial charge in [-0.15, -0.1) is 0 Å². The summed E-state index contributed by atoms with van der Waals surface area (Å²) in [5, 5.41) is 0. The molecule has 0 bridgehead atoms. The topological polar surface area (TPSA) is 0 Å². The van der Waals surface area contributed by atoms with Gasteiger partial charge in [-0.2, -0.15) is 0 Å². The van der Waals surface area contributed by atoms with Crippen molar-refractivity contribution < 1.29 is 0 Å². The van der Waals surface area contributed by atoms with Crippen molar-refractivity contribution in [2.45, 2.75) is 59.3 Å². The van der Waals surface area contributed by atoms with Gasteiger partial charge < -0.3 is 0 Å². The SMILES string of the molecule is CCCCC1CC1C(C)CCC. The number of rotatable bonds is 6. The number of hydrogen-bond donors (Lipinski definition) is 0. The summed E-state index contributed by atoms with van der Waals surface area (Å²) in [6.45, 7) is 7.05. The molecule has 0 radical (unpaired) electrons. The molecular weight excluding hydrogens is 144 g/mol. The molecule has 1 aliphatic carbocycles. The molecule has 0 nitrogen and oxygen atoms in total. The monoisotopic (exact) mass is 168 g/mol. The van der Waals surface area contributed by atoms with E-state index in [0.29, 0.717) is 0 Å². The molecule has 0 heteroatoms. The molecule has 0 aliphatic heterocycles. The Kier molecular flexibility index (Phi) is 4.11. The fraction of sp³-hybridized carbons (Fsp3) is 1.00. The third-order valence-corrected chi connectivity index (χ3v) is 3.38. The molecular formula is C12H24. The molecule has 0 saturated heterocycles. The first-order valence-corrected chi connectivity index (χ1v) is 5.79. The van der Waals surface area contributed by atoms with Gasteiger partial charge in [-0.05, 0) is 24.2 Å². The maximum Gasteiger partial charge on any atom is -0.0357 e. The summed E-state index contributed by atoms with van der Waals surface area (Å²) in [7, 11) is 0. The van der Waals surface area contributed by atoms with Gasteiger partial charge in [0.25, 0.3) is 0 Å². The molecule has 12 heavy (non-hydrogen) atoms. The van der Waals surface area contributed by atoms with Crippen LogP contribution in [0, 0.1) is 17.8 Å². The Hall–Kier alpha value is 0. The summed E-state index contributed by atoms with van der Waals surface area (Å²) in [6, 6.07) is 0. The summed E-state index contributed by atoms with van der Waals surface area (Å²) >= 11 is 0. The minimum absolute atomic E-state index is 1.01. The van der Waals surface area contributed by atoms with Gasteiger partial charge in [0.2, 0.25) is 0 Å². The standard InChI is InChI=1S/C12H24/c1-4-6-8-11-9-12(11)10(3)7-5-2/h10-12H,4-9H2,1-3H3. The van der Waals surface area contributed by atoms with Crippen LogP contribution in [0.2, 0.25) is 0 Å². The van der Waals surface area contributed by atoms with E-state index >= 15 is 0 Å². The highest BCUT2D eigenvalue weighted by Crippen LogP contribution is 2.48. The molecule has 1 fully saturated rings. The minimum atomic E-state index is 1.01. The Balaban J connectivity index is 2.06. The quantitative estimate of drug-likeness (QED) is 0.556. The summed E-state index contributed by atoms with van der Waals surface area (Å²) in [4.78, 5) is 0. The lowest BCUT2D eigenvalue weighted by Crippen LogP contribution is -1.98. The van der Waals surface area contributed by atoms with Crippen LogP contribution >= 0.6 is 0 Å². The van der Waals surface area contributed by atoms with E-state index in [1.165, 1.54) is 32.1 Å². The molecule has 1 aliphatic rings. The van der Waals surface area contributed by atoms with Gasteiger partial charge in [-0.3, -0.25) is 0 Å². The van der Waals surface area contributed by atoms with Crippen molar-refractivity contribution in [2.75, 3.05) is 0 Å². The predicted molar refractivity (Wildman–Crippen MR) is 55.2 cm³/mol. The first-order valence-electron chi connectivity index (χ1n) is 5.79. The van der Waals surface area contributed by atoms with Gasteiger partial charge in [-0.1, -0.05) is 52.9 Å². The molecule has 0 aromatic carbocycles. The van der Waals surface area contributed by atoms with Crippen LogP contribution in [0.25, 0.3) is 0 Å². The van der Waals surface area contributed by atoms with E-state index in [1.54, 1.807) is 6.42 Å². The Labute approximate surface area is 77.7 Å². The first-order chi connectivity index (χ1) is 5.79. The van der Waals surface area contributed by atoms with E-state index in [4.69, 9.17) is 0 Å². The van der Waals surface area contributed by atoms with Crippen molar-refractivity contribution in [2.24, 2.45) is 17.8 Å². The maximum absolute atomic E-state index is 2.44. The van der Waals surface area contributed by atoms with Crippen molar-refractivity contribution >= 4 is 0 Å². The second-order valence-corrected chi connectivity index (χ2v) is 4.57. The highest BCUT2D eigenvalue weighted by Gasteiger charge is 2.39. The van der Waals surface area contributed by atoms with Gasteiger partial charge in [0.05, 0.1) is 0 Å². The van der Waals surface area contributed by atoms with Gasteiger partial charge in [0, 0.05) is 0 Å². The predicted octanol–water partition coefficient (Wildman–Crippen LogP) is 4.25. The van der Waals surface area contributed by atoms with Crippen molar-refractivity contribution in [3.63, 3.8) is 0 Å². The van der Waals surface area contributed by atoms with E-state index in [-0.39, 0.29) is 0 Å². The molecule has 0 heterocycles. The zero-order chi connectivity index (χ0) is 8.97. The van der Waals surface area contributed by atoms with Crippen LogP contribution in [0.1, 0.15) is 59.3 Å². The zero-order valence-corrected chi connectivity index (χ0v) is 8.97. The molecule has 0 N–H and O–H groups in total. The van der Waals surface area contributed by atoms with Crippen molar-refractivity contribution in [3.8, 4) is 0 Å². The van der Waals surface area contributed by atoms with Crippen molar-refractivity contribution in [3.05, 3.63) is 0 Å². The molecule has 1 saturated carbocycles. The summed E-state index contributed by atoms with van der Waals surface area (Å²) in [6.07, 6.45) is 8.72. The molecule has 3 unspecified atom stereocenters. The largest absolute Gasteiger partial charge is 0.0654 e. The zero-order valence-electron chi connectivity index (χ0n) is 8.97. The van der Waals surface area contributed by atoms with Crippen molar-refractivity contribution in [1.82, 2.24) is 0 Å². The number of unbranched alkanes of at least 4 members (excludes halogenated alkanes) is 1. The molecule has 0 spiro atoms. The summed E-state index contributed by atoms with van der Waals surface area (Å²) in [5.74, 6) is 3.24. The normalized spacial score (nSPS) is 30.2. The second kappa shape index (κ2) is 4.89. The molecule has 0 aromatic heterocycles. The second-order valence-electron chi connectivity index (χ2n) is 4.57. The molecule has 72 valence electrons. The lowest BCUT2D eigenvalue weighted by molar-refractivity contribution is 0.426. The number of hydrogen-bond acceptors (Lipinski definition) is 0. The molecule has 0 aromatic rings. The van der Waals surface area contributed by atoms with E-state index < -0.39 is 0 Å². The lowest BCUT2D eigenvalue weighted by atomic mass is 9.98. The van der Waals surface area contributed by atoms with Crippen molar-refractivity contribution in [1.29, 1.82) is 0 Å². The fourth-order valence-electron chi connectivity index (χ4n) is 2.44. The van der Waals surface area contributed by atoms with Gasteiger partial charge >= 0.3 is 0 Å². The van der Waals surface area contributed by atoms with Crippen LogP contribution in [0.15, 0.2) is 0 Å². The highest BCUT2D eigenvalue weighted by atomic mass is 14.4. The highest BCUT2D eigenvalue weighted by molar-refractivity contribution is 4.89. The van der Waals surface area contributed by atoms with Crippen LogP contribution in [0.3, 0.4) is 0 Å². The summed E-state index contributed by atoms with van der Waals surface area (Å²) in [5.41, 5.74) is 0. The Morgan fingerprint density at radius 1 is 1.25 bits per heavy atom. The van der Waals surface area contributed by atoms with E-state index in [1.807, 2.05) is 0 Å². The molecule has 0 amide bonds. The Morgan fingerprint density at radius 2 is 2.00 bits per heavy atom. The smallest absolute Gasteiger partial charge is 0.0357 e. The molecule has 3 atom stereocenters. The lowest BCUT2D eigenvalue weighted by Gasteiger charge is -2.08. The summed E-state index contributed by atoms with van der Waals surface area (Å²) < 4.78 is 0. The average Bonchev–Trinajstić information content (AvgIpc) is 2.80. The van der Waals surface area contributed by atoms with Gasteiger partial charge in [-0.25, -0.2) is 0 Å². The van der Waals surface area contributed by atoms with E-state index in [0.717, 1.165) is 17.8 Å². The van der Waals surface area contributed by atoms with Gasteiger partial charge in [0.15, 0.2) is 0 Å². The minimum Gasteiger partial charge on any atom is -0.0654 e. The fourth-order valence-corrected chi connectivity index (χ4v) is 2.44. The Morgan fingerprint density at radius 3 is 2.58 bits per heavy atom. The van der Waals surface area contributed by atoms with Crippen LogP contribution in [-0.2, 0) is 0 Å². The average molecular weight is 168 g/mol. The first kappa shape index (κ1) is 10.1. The van der Waals surface area contributed by atoms with Gasteiger partial charge in [0.1, 0.15) is 0 Å². The van der Waals surface area contributed by atoms with Crippen LogP contribution in [0.4, 0.5) is 0 Å². The Bertz CT molecular complexity index is 117.